The number of benzene rings is 4. The van der Waals surface area contributed by atoms with E-state index in [1.807, 2.05) is 85.8 Å². The zero-order valence-electron chi connectivity index (χ0n) is 19.1. The van der Waals surface area contributed by atoms with Crippen molar-refractivity contribution < 1.29 is 13.2 Å². The zero-order valence-corrected chi connectivity index (χ0v) is 20.7. The van der Waals surface area contributed by atoms with Gasteiger partial charge in [-0.2, -0.15) is 0 Å². The molecule has 0 fully saturated rings. The summed E-state index contributed by atoms with van der Waals surface area (Å²) in [6.07, 6.45) is 0.893. The number of hydrogen-bond donors (Lipinski definition) is 0. The Hall–Kier alpha value is -3.38. The van der Waals surface area contributed by atoms with E-state index in [1.54, 1.807) is 36.4 Å². The van der Waals surface area contributed by atoms with Crippen LogP contribution in [0.15, 0.2) is 120 Å². The second kappa shape index (κ2) is 9.70. The highest BCUT2D eigenvalue weighted by molar-refractivity contribution is 7.89. The first-order chi connectivity index (χ1) is 16.9. The van der Waals surface area contributed by atoms with Crippen molar-refractivity contribution in [2.45, 2.75) is 24.1 Å². The highest BCUT2D eigenvalue weighted by atomic mass is 35.5. The van der Waals surface area contributed by atoms with Crippen LogP contribution in [0.3, 0.4) is 0 Å². The molecule has 0 spiro atoms. The van der Waals surface area contributed by atoms with Crippen LogP contribution in [0.1, 0.15) is 34.5 Å². The van der Waals surface area contributed by atoms with Crippen LogP contribution in [0.4, 0.5) is 0 Å². The third kappa shape index (κ3) is 4.63. The van der Waals surface area contributed by atoms with Gasteiger partial charge < -0.3 is 4.74 Å². The summed E-state index contributed by atoms with van der Waals surface area (Å²) in [5.41, 5.74) is 3.24. The standard InChI is InChI=1S/C29H24ClNO3S/c1-21-16-18-24(19-17-21)35(32,33)31-27(22-10-4-2-5-11-22)20-28(23-12-6-3-7-13-23)34-29(31)25-14-8-9-15-26(25)30/h2-20,27,29H,1H3/t27-,29-/m0/s1. The molecule has 4 aromatic carbocycles. The molecule has 1 aliphatic heterocycles. The van der Waals surface area contributed by atoms with E-state index in [-0.39, 0.29) is 4.90 Å². The predicted octanol–water partition coefficient (Wildman–Crippen LogP) is 7.15. The van der Waals surface area contributed by atoms with Gasteiger partial charge in [-0.05, 0) is 36.8 Å². The van der Waals surface area contributed by atoms with Crippen molar-refractivity contribution in [2.75, 3.05) is 0 Å². The first-order valence-corrected chi connectivity index (χ1v) is 13.1. The van der Waals surface area contributed by atoms with Crippen LogP contribution in [-0.2, 0) is 14.8 Å². The van der Waals surface area contributed by atoms with E-state index in [1.165, 1.54) is 4.31 Å². The number of halogens is 1. The fourth-order valence-corrected chi connectivity index (χ4v) is 6.06. The van der Waals surface area contributed by atoms with Crippen LogP contribution in [0.25, 0.3) is 5.76 Å². The molecule has 1 aliphatic rings. The molecule has 35 heavy (non-hydrogen) atoms. The molecule has 0 amide bonds. The third-order valence-electron chi connectivity index (χ3n) is 6.02. The molecule has 0 aromatic heterocycles. The van der Waals surface area contributed by atoms with Gasteiger partial charge in [0.05, 0.1) is 10.9 Å². The average molecular weight is 502 g/mol. The molecular formula is C29H24ClNO3S. The van der Waals surface area contributed by atoms with Gasteiger partial charge in [-0.25, -0.2) is 8.42 Å². The van der Waals surface area contributed by atoms with E-state index in [0.29, 0.717) is 16.3 Å². The van der Waals surface area contributed by atoms with Crippen molar-refractivity contribution >= 4 is 27.4 Å². The molecule has 0 saturated heterocycles. The minimum atomic E-state index is -3.99. The third-order valence-corrected chi connectivity index (χ3v) is 8.21. The Balaban J connectivity index is 1.76. The molecular weight excluding hydrogens is 478 g/mol. The molecule has 0 bridgehead atoms. The lowest BCUT2D eigenvalue weighted by Crippen LogP contribution is -2.41. The molecule has 2 atom stereocenters. The maximum Gasteiger partial charge on any atom is 0.247 e. The Morgan fingerprint density at radius 1 is 0.771 bits per heavy atom. The molecule has 6 heteroatoms. The first kappa shape index (κ1) is 23.4. The quantitative estimate of drug-likeness (QED) is 0.291. The number of ether oxygens (including phenoxy) is 1. The van der Waals surface area contributed by atoms with Crippen molar-refractivity contribution in [2.24, 2.45) is 0 Å². The van der Waals surface area contributed by atoms with Crippen molar-refractivity contribution in [1.29, 1.82) is 0 Å². The molecule has 5 rings (SSSR count). The molecule has 1 heterocycles. The Morgan fingerprint density at radius 3 is 2.03 bits per heavy atom. The van der Waals surface area contributed by atoms with Gasteiger partial charge in [0.15, 0.2) is 6.23 Å². The highest BCUT2D eigenvalue weighted by Crippen LogP contribution is 2.46. The van der Waals surface area contributed by atoms with E-state index in [9.17, 15) is 8.42 Å². The lowest BCUT2D eigenvalue weighted by atomic mass is 10.0. The van der Waals surface area contributed by atoms with Gasteiger partial charge in [0.2, 0.25) is 10.0 Å². The average Bonchev–Trinajstić information content (AvgIpc) is 2.89. The smallest absolute Gasteiger partial charge is 0.247 e. The SMILES string of the molecule is Cc1ccc(S(=O)(=O)N2[C@H](c3ccccc3)C=C(c3ccccc3)O[C@H]2c2ccccc2Cl)cc1. The van der Waals surface area contributed by atoms with Crippen molar-refractivity contribution in [1.82, 2.24) is 4.31 Å². The number of hydrogen-bond acceptors (Lipinski definition) is 3. The van der Waals surface area contributed by atoms with Crippen LogP contribution in [0, 0.1) is 6.92 Å². The van der Waals surface area contributed by atoms with Gasteiger partial charge in [-0.15, -0.1) is 4.31 Å². The maximum absolute atomic E-state index is 14.2. The van der Waals surface area contributed by atoms with Crippen molar-refractivity contribution in [3.05, 3.63) is 143 Å². The minimum absolute atomic E-state index is 0.196. The number of aryl methyl sites for hydroxylation is 1. The van der Waals surface area contributed by atoms with E-state index >= 15 is 0 Å². The van der Waals surface area contributed by atoms with Crippen LogP contribution < -0.4 is 0 Å². The van der Waals surface area contributed by atoms with E-state index in [2.05, 4.69) is 0 Å². The molecule has 0 N–H and O–H groups in total. The topological polar surface area (TPSA) is 46.6 Å². The summed E-state index contributed by atoms with van der Waals surface area (Å²) in [5, 5.41) is 0.433. The minimum Gasteiger partial charge on any atom is -0.469 e. The molecule has 4 aromatic rings. The summed E-state index contributed by atoms with van der Waals surface area (Å²) in [6, 6.07) is 32.7. The van der Waals surface area contributed by atoms with E-state index in [0.717, 1.165) is 16.7 Å². The summed E-state index contributed by atoms with van der Waals surface area (Å²) in [5.74, 6) is 0.597. The Morgan fingerprint density at radius 2 is 1.37 bits per heavy atom. The predicted molar refractivity (Wildman–Crippen MR) is 139 cm³/mol. The normalized spacial score (nSPS) is 18.5. The fourth-order valence-electron chi connectivity index (χ4n) is 4.22. The van der Waals surface area contributed by atoms with Crippen LogP contribution in [0.5, 0.6) is 0 Å². The van der Waals surface area contributed by atoms with Crippen LogP contribution >= 0.6 is 11.6 Å². The molecule has 0 unspecified atom stereocenters. The molecule has 176 valence electrons. The highest BCUT2D eigenvalue weighted by Gasteiger charge is 2.43. The summed E-state index contributed by atoms with van der Waals surface area (Å²) >= 11 is 6.61. The van der Waals surface area contributed by atoms with E-state index < -0.39 is 22.3 Å². The van der Waals surface area contributed by atoms with Gasteiger partial charge >= 0.3 is 0 Å². The van der Waals surface area contributed by atoms with Gasteiger partial charge in [-0.1, -0.05) is 108 Å². The van der Waals surface area contributed by atoms with Crippen molar-refractivity contribution in [3.8, 4) is 0 Å². The molecule has 0 aliphatic carbocycles. The Bertz CT molecular complexity index is 1450. The van der Waals surface area contributed by atoms with Crippen LogP contribution in [-0.4, -0.2) is 12.7 Å². The molecule has 0 saturated carbocycles. The van der Waals surface area contributed by atoms with Crippen LogP contribution in [0.2, 0.25) is 5.02 Å². The van der Waals surface area contributed by atoms with E-state index in [4.69, 9.17) is 16.3 Å². The zero-order chi connectivity index (χ0) is 24.4. The van der Waals surface area contributed by atoms with Gasteiger partial charge in [-0.3, -0.25) is 0 Å². The summed E-state index contributed by atoms with van der Waals surface area (Å²) < 4.78 is 36.3. The van der Waals surface area contributed by atoms with Gasteiger partial charge in [0.25, 0.3) is 0 Å². The van der Waals surface area contributed by atoms with Crippen molar-refractivity contribution in [3.63, 3.8) is 0 Å². The summed E-state index contributed by atoms with van der Waals surface area (Å²) in [7, 11) is -3.99. The maximum atomic E-state index is 14.2. The number of rotatable bonds is 5. The monoisotopic (exact) mass is 501 g/mol. The fraction of sp³-hybridized carbons (Fsp3) is 0.103. The second-order valence-corrected chi connectivity index (χ2v) is 10.6. The second-order valence-electron chi connectivity index (χ2n) is 8.39. The Labute approximate surface area is 211 Å². The lowest BCUT2D eigenvalue weighted by molar-refractivity contribution is 0.0296. The number of sulfonamides is 1. The lowest BCUT2D eigenvalue weighted by Gasteiger charge is -2.40. The molecule has 4 nitrogen and oxygen atoms in total. The number of nitrogens with zero attached hydrogens (tertiary/aromatic N) is 1. The van der Waals surface area contributed by atoms with Gasteiger partial charge in [0, 0.05) is 16.1 Å². The van der Waals surface area contributed by atoms with Gasteiger partial charge in [0.1, 0.15) is 5.76 Å². The Kier molecular flexibility index (Phi) is 6.48. The summed E-state index contributed by atoms with van der Waals surface area (Å²) in [6.45, 7) is 1.93. The molecule has 0 radical (unpaired) electrons. The first-order valence-electron chi connectivity index (χ1n) is 11.3. The summed E-state index contributed by atoms with van der Waals surface area (Å²) in [4.78, 5) is 0.196. The largest absolute Gasteiger partial charge is 0.469 e.